The normalized spacial score (nSPS) is 19.2. The Kier molecular flexibility index (Phi) is 4.83. The number of carbonyl (C=O) groups excluding carboxylic acids is 1. The van der Waals surface area contributed by atoms with Gasteiger partial charge in [-0.1, -0.05) is 12.8 Å². The van der Waals surface area contributed by atoms with E-state index in [1.54, 1.807) is 6.26 Å². The van der Waals surface area contributed by atoms with E-state index in [9.17, 15) is 9.90 Å². The van der Waals surface area contributed by atoms with Crippen molar-refractivity contribution >= 4 is 5.91 Å². The first-order valence-corrected chi connectivity index (χ1v) is 7.19. The monoisotopic (exact) mass is 280 g/mol. The highest BCUT2D eigenvalue weighted by atomic mass is 16.3. The van der Waals surface area contributed by atoms with Crippen molar-refractivity contribution in [1.29, 1.82) is 0 Å². The van der Waals surface area contributed by atoms with Gasteiger partial charge in [0.25, 0.3) is 0 Å². The van der Waals surface area contributed by atoms with Gasteiger partial charge in [0.1, 0.15) is 5.76 Å². The molecule has 1 atom stereocenters. The summed E-state index contributed by atoms with van der Waals surface area (Å²) in [6.07, 6.45) is 5.32. The van der Waals surface area contributed by atoms with E-state index in [-0.39, 0.29) is 18.4 Å². The van der Waals surface area contributed by atoms with E-state index in [0.29, 0.717) is 6.54 Å². The lowest BCUT2D eigenvalue weighted by Crippen LogP contribution is -2.38. The molecule has 5 nitrogen and oxygen atoms in total. The van der Waals surface area contributed by atoms with Crippen LogP contribution in [-0.4, -0.2) is 42.2 Å². The van der Waals surface area contributed by atoms with Crippen molar-refractivity contribution in [1.82, 2.24) is 10.2 Å². The summed E-state index contributed by atoms with van der Waals surface area (Å²) in [6, 6.07) is 3.75. The maximum atomic E-state index is 12.0. The van der Waals surface area contributed by atoms with Gasteiger partial charge >= 0.3 is 0 Å². The van der Waals surface area contributed by atoms with Crippen molar-refractivity contribution in [2.45, 2.75) is 43.7 Å². The second kappa shape index (κ2) is 6.41. The van der Waals surface area contributed by atoms with E-state index in [2.05, 4.69) is 5.32 Å². The molecule has 20 heavy (non-hydrogen) atoms. The molecule has 2 rings (SSSR count). The van der Waals surface area contributed by atoms with Crippen LogP contribution in [0, 0.1) is 0 Å². The number of nitrogens with one attached hydrogen (secondary N) is 1. The molecule has 0 bridgehead atoms. The standard InChI is InChI=1S/C15H24N2O3/c1-17(2)12(13-6-5-9-20-13)11-16-14(18)10-15(19)7-3-4-8-15/h5-6,9,12,19H,3-4,7-8,10-11H2,1-2H3,(H,16,18). The number of hydrogen-bond acceptors (Lipinski definition) is 4. The highest BCUT2D eigenvalue weighted by Crippen LogP contribution is 2.32. The predicted molar refractivity (Wildman–Crippen MR) is 76.2 cm³/mol. The molecular formula is C15H24N2O3. The molecule has 1 aromatic rings. The Morgan fingerprint density at radius 1 is 1.50 bits per heavy atom. The first kappa shape index (κ1) is 15.1. The molecule has 1 aromatic heterocycles. The summed E-state index contributed by atoms with van der Waals surface area (Å²) < 4.78 is 5.40. The summed E-state index contributed by atoms with van der Waals surface area (Å²) in [6.45, 7) is 0.482. The number of nitrogens with zero attached hydrogens (tertiary/aromatic N) is 1. The van der Waals surface area contributed by atoms with Gasteiger partial charge in [0.15, 0.2) is 0 Å². The van der Waals surface area contributed by atoms with E-state index in [4.69, 9.17) is 4.42 Å². The smallest absolute Gasteiger partial charge is 0.222 e. The number of hydrogen-bond donors (Lipinski definition) is 2. The SMILES string of the molecule is CN(C)C(CNC(=O)CC1(O)CCCC1)c1ccco1. The average Bonchev–Trinajstić information content (AvgIpc) is 3.01. The highest BCUT2D eigenvalue weighted by Gasteiger charge is 2.33. The fourth-order valence-corrected chi connectivity index (χ4v) is 2.80. The summed E-state index contributed by atoms with van der Waals surface area (Å²) in [5.41, 5.74) is -0.789. The fourth-order valence-electron chi connectivity index (χ4n) is 2.80. The molecule has 0 radical (unpaired) electrons. The number of aliphatic hydroxyl groups is 1. The molecule has 0 aromatic carbocycles. The molecular weight excluding hydrogens is 256 g/mol. The van der Waals surface area contributed by atoms with Crippen LogP contribution in [0.25, 0.3) is 0 Å². The fraction of sp³-hybridized carbons (Fsp3) is 0.667. The van der Waals surface area contributed by atoms with Crippen LogP contribution in [0.3, 0.4) is 0 Å². The van der Waals surface area contributed by atoms with E-state index >= 15 is 0 Å². The van der Waals surface area contributed by atoms with Gasteiger partial charge in [-0.15, -0.1) is 0 Å². The third kappa shape index (κ3) is 3.84. The van der Waals surface area contributed by atoms with Crippen molar-refractivity contribution in [2.75, 3.05) is 20.6 Å². The largest absolute Gasteiger partial charge is 0.468 e. The third-order valence-electron chi connectivity index (χ3n) is 4.01. The molecule has 1 aliphatic rings. The lowest BCUT2D eigenvalue weighted by Gasteiger charge is -2.25. The van der Waals surface area contributed by atoms with Crippen molar-refractivity contribution in [3.63, 3.8) is 0 Å². The second-order valence-electron chi connectivity index (χ2n) is 5.91. The Hall–Kier alpha value is -1.33. The summed E-state index contributed by atoms with van der Waals surface area (Å²) in [7, 11) is 3.90. The zero-order chi connectivity index (χ0) is 14.6. The molecule has 0 aliphatic heterocycles. The number of likely N-dealkylation sites (N-methyl/N-ethyl adjacent to an activating group) is 1. The minimum absolute atomic E-state index is 0.00664. The van der Waals surface area contributed by atoms with Gasteiger partial charge in [-0.05, 0) is 39.1 Å². The third-order valence-corrected chi connectivity index (χ3v) is 4.01. The predicted octanol–water partition coefficient (Wildman–Crippen LogP) is 1.69. The van der Waals surface area contributed by atoms with Gasteiger partial charge in [-0.3, -0.25) is 9.69 Å². The summed E-state index contributed by atoms with van der Waals surface area (Å²) in [4.78, 5) is 14.0. The Morgan fingerprint density at radius 2 is 2.20 bits per heavy atom. The molecule has 112 valence electrons. The van der Waals surface area contributed by atoms with Crippen molar-refractivity contribution < 1.29 is 14.3 Å². The Bertz CT molecular complexity index is 422. The molecule has 2 N–H and O–H groups in total. The van der Waals surface area contributed by atoms with E-state index < -0.39 is 5.60 Å². The van der Waals surface area contributed by atoms with Crippen molar-refractivity contribution in [2.24, 2.45) is 0 Å². The second-order valence-corrected chi connectivity index (χ2v) is 5.91. The van der Waals surface area contributed by atoms with Gasteiger partial charge in [-0.2, -0.15) is 0 Å². The quantitative estimate of drug-likeness (QED) is 0.832. The summed E-state index contributed by atoms with van der Waals surface area (Å²) in [5, 5.41) is 13.1. The average molecular weight is 280 g/mol. The minimum atomic E-state index is -0.789. The zero-order valence-electron chi connectivity index (χ0n) is 12.3. The summed E-state index contributed by atoms with van der Waals surface area (Å²) in [5.74, 6) is 0.739. The van der Waals surface area contributed by atoms with Crippen LogP contribution in [0.2, 0.25) is 0 Å². The van der Waals surface area contributed by atoms with Crippen LogP contribution in [0.15, 0.2) is 22.8 Å². The van der Waals surface area contributed by atoms with Crippen LogP contribution in [-0.2, 0) is 4.79 Å². The molecule has 5 heteroatoms. The first-order valence-electron chi connectivity index (χ1n) is 7.19. The number of amides is 1. The van der Waals surface area contributed by atoms with E-state index in [1.807, 2.05) is 31.1 Å². The van der Waals surface area contributed by atoms with Crippen LogP contribution in [0.1, 0.15) is 43.9 Å². The summed E-state index contributed by atoms with van der Waals surface area (Å²) >= 11 is 0. The van der Waals surface area contributed by atoms with Crippen molar-refractivity contribution in [3.05, 3.63) is 24.2 Å². The molecule has 0 spiro atoms. The van der Waals surface area contributed by atoms with Crippen LogP contribution >= 0.6 is 0 Å². The molecule has 1 amide bonds. The van der Waals surface area contributed by atoms with Crippen LogP contribution in [0.5, 0.6) is 0 Å². The minimum Gasteiger partial charge on any atom is -0.468 e. The lowest BCUT2D eigenvalue weighted by molar-refractivity contribution is -0.126. The van der Waals surface area contributed by atoms with Gasteiger partial charge < -0.3 is 14.8 Å². The molecule has 1 saturated carbocycles. The number of carbonyl (C=O) groups is 1. The number of furan rings is 1. The van der Waals surface area contributed by atoms with Crippen molar-refractivity contribution in [3.8, 4) is 0 Å². The topological polar surface area (TPSA) is 65.7 Å². The van der Waals surface area contributed by atoms with Gasteiger partial charge in [0, 0.05) is 6.54 Å². The molecule has 1 aliphatic carbocycles. The molecule has 1 heterocycles. The molecule has 0 saturated heterocycles. The van der Waals surface area contributed by atoms with Gasteiger partial charge in [0.2, 0.25) is 5.91 Å². The van der Waals surface area contributed by atoms with Crippen LogP contribution < -0.4 is 5.32 Å². The van der Waals surface area contributed by atoms with Gasteiger partial charge in [0.05, 0.1) is 24.3 Å². The first-order chi connectivity index (χ1) is 9.50. The van der Waals surface area contributed by atoms with Gasteiger partial charge in [-0.25, -0.2) is 0 Å². The Balaban J connectivity index is 1.85. The Labute approximate surface area is 119 Å². The lowest BCUT2D eigenvalue weighted by atomic mass is 9.97. The highest BCUT2D eigenvalue weighted by molar-refractivity contribution is 5.77. The van der Waals surface area contributed by atoms with Crippen LogP contribution in [0.4, 0.5) is 0 Å². The Morgan fingerprint density at radius 3 is 2.75 bits per heavy atom. The molecule has 1 fully saturated rings. The maximum Gasteiger partial charge on any atom is 0.222 e. The maximum absolute atomic E-state index is 12.0. The van der Waals surface area contributed by atoms with E-state index in [0.717, 1.165) is 31.4 Å². The zero-order valence-corrected chi connectivity index (χ0v) is 12.3. The molecule has 1 unspecified atom stereocenters. The number of rotatable bonds is 6. The van der Waals surface area contributed by atoms with E-state index in [1.165, 1.54) is 0 Å².